The van der Waals surface area contributed by atoms with E-state index in [0.717, 1.165) is 23.5 Å². The number of aryl methyl sites for hydroxylation is 1. The highest BCUT2D eigenvalue weighted by Crippen LogP contribution is 2.35. The third-order valence-electron chi connectivity index (χ3n) is 6.30. The molecule has 0 aliphatic carbocycles. The molecule has 1 saturated heterocycles. The number of amides is 1. The van der Waals surface area contributed by atoms with Gasteiger partial charge in [0.1, 0.15) is 5.82 Å². The number of hydrogen-bond donors (Lipinski definition) is 0. The molecule has 0 saturated carbocycles. The minimum atomic E-state index is -0.505. The average molecular weight is 458 g/mol. The highest BCUT2D eigenvalue weighted by atomic mass is 35.5. The number of alkyl halides is 1. The molecule has 0 N–H and O–H groups in total. The van der Waals surface area contributed by atoms with Crippen LogP contribution in [0.2, 0.25) is 0 Å². The number of pyridine rings is 2. The molecular weight excluding hydrogens is 430 g/mol. The van der Waals surface area contributed by atoms with Crippen molar-refractivity contribution < 1.29 is 14.3 Å². The Morgan fingerprint density at radius 3 is 2.75 bits per heavy atom. The lowest BCUT2D eigenvalue weighted by Crippen LogP contribution is -2.39. The number of carbonyl (C=O) groups excluding carboxylic acids is 2. The van der Waals surface area contributed by atoms with Crippen LogP contribution in [0.15, 0.2) is 24.5 Å². The molecule has 32 heavy (non-hydrogen) atoms. The number of esters is 1. The molecule has 3 unspecified atom stereocenters. The van der Waals surface area contributed by atoms with E-state index in [1.807, 2.05) is 27.1 Å². The Labute approximate surface area is 193 Å². The van der Waals surface area contributed by atoms with Crippen LogP contribution in [0.4, 0.5) is 5.82 Å². The molecule has 0 aromatic carbocycles. The van der Waals surface area contributed by atoms with Crippen LogP contribution in [0.3, 0.4) is 0 Å². The summed E-state index contributed by atoms with van der Waals surface area (Å²) in [5.74, 6) is 0.235. The number of hydrazine groups is 1. The Morgan fingerprint density at radius 2 is 2.12 bits per heavy atom. The van der Waals surface area contributed by atoms with Gasteiger partial charge in [0.2, 0.25) is 0 Å². The Hall–Kier alpha value is -2.71. The maximum atomic E-state index is 13.1. The number of nitrogens with zero attached hydrogens (tertiary/aromatic N) is 5. The number of carbonyl (C=O) groups is 2. The van der Waals surface area contributed by atoms with Gasteiger partial charge < -0.3 is 9.64 Å². The summed E-state index contributed by atoms with van der Waals surface area (Å²) in [6, 6.07) is 3.64. The Morgan fingerprint density at radius 1 is 1.38 bits per heavy atom. The van der Waals surface area contributed by atoms with Crippen molar-refractivity contribution in [2.24, 2.45) is 0 Å². The standard InChI is InChI=1S/C23H28ClN5O3/c1-6-32-23(31)20-18-11-28(22(30)17(18)7-8-25-20)14(3)16-9-13(2)21(26-10-16)29-15(4)19(24)12-27(29)5/h7-10,14-15,19H,6,11-12H2,1-5H3. The number of hydrogen-bond acceptors (Lipinski definition) is 7. The van der Waals surface area contributed by atoms with Crippen LogP contribution in [0.1, 0.15) is 64.3 Å². The van der Waals surface area contributed by atoms with Crippen molar-refractivity contribution in [1.29, 1.82) is 0 Å². The van der Waals surface area contributed by atoms with Crippen LogP contribution in [0.25, 0.3) is 0 Å². The molecule has 2 aromatic heterocycles. The topological polar surface area (TPSA) is 78.9 Å². The van der Waals surface area contributed by atoms with Crippen LogP contribution in [0.5, 0.6) is 0 Å². The van der Waals surface area contributed by atoms with Crippen molar-refractivity contribution in [2.75, 3.05) is 25.2 Å². The van der Waals surface area contributed by atoms with Gasteiger partial charge in [-0.2, -0.15) is 0 Å². The third-order valence-corrected chi connectivity index (χ3v) is 6.80. The molecule has 4 rings (SSSR count). The summed E-state index contributed by atoms with van der Waals surface area (Å²) in [5, 5.41) is 4.24. The lowest BCUT2D eigenvalue weighted by molar-refractivity contribution is 0.0515. The molecule has 2 aromatic rings. The fourth-order valence-corrected chi connectivity index (χ4v) is 4.79. The van der Waals surface area contributed by atoms with E-state index >= 15 is 0 Å². The smallest absolute Gasteiger partial charge is 0.357 e. The monoisotopic (exact) mass is 457 g/mol. The van der Waals surface area contributed by atoms with Gasteiger partial charge in [-0.3, -0.25) is 9.80 Å². The summed E-state index contributed by atoms with van der Waals surface area (Å²) in [5.41, 5.74) is 3.26. The first-order chi connectivity index (χ1) is 15.2. The van der Waals surface area contributed by atoms with E-state index in [2.05, 4.69) is 28.0 Å². The fraction of sp³-hybridized carbons (Fsp3) is 0.478. The van der Waals surface area contributed by atoms with E-state index in [1.165, 1.54) is 6.20 Å². The van der Waals surface area contributed by atoms with Gasteiger partial charge in [-0.25, -0.2) is 19.8 Å². The van der Waals surface area contributed by atoms with E-state index in [9.17, 15) is 9.59 Å². The third kappa shape index (κ3) is 3.71. The molecule has 0 radical (unpaired) electrons. The number of aromatic nitrogens is 2. The highest BCUT2D eigenvalue weighted by molar-refractivity contribution is 6.21. The molecule has 1 amide bonds. The molecule has 2 aliphatic rings. The molecule has 3 atom stereocenters. The second-order valence-corrected chi connectivity index (χ2v) is 8.93. The fourth-order valence-electron chi connectivity index (χ4n) is 4.49. The van der Waals surface area contributed by atoms with Gasteiger partial charge in [0.15, 0.2) is 5.69 Å². The number of halogens is 1. The molecule has 0 bridgehead atoms. The summed E-state index contributed by atoms with van der Waals surface area (Å²) in [4.78, 5) is 36.1. The van der Waals surface area contributed by atoms with Crippen molar-refractivity contribution >= 4 is 29.3 Å². The lowest BCUT2D eigenvalue weighted by Gasteiger charge is -2.31. The summed E-state index contributed by atoms with van der Waals surface area (Å²) in [7, 11) is 2.01. The van der Waals surface area contributed by atoms with Gasteiger partial charge in [-0.05, 0) is 51.0 Å². The molecule has 0 spiro atoms. The zero-order chi connectivity index (χ0) is 23.2. The second kappa shape index (κ2) is 8.67. The Balaban J connectivity index is 1.59. The van der Waals surface area contributed by atoms with Crippen LogP contribution in [0, 0.1) is 6.92 Å². The van der Waals surface area contributed by atoms with Gasteiger partial charge in [0, 0.05) is 43.7 Å². The van der Waals surface area contributed by atoms with Crippen molar-refractivity contribution in [2.45, 2.75) is 51.7 Å². The van der Waals surface area contributed by atoms with Crippen molar-refractivity contribution in [1.82, 2.24) is 19.9 Å². The van der Waals surface area contributed by atoms with E-state index in [-0.39, 0.29) is 35.7 Å². The van der Waals surface area contributed by atoms with Crippen LogP contribution >= 0.6 is 11.6 Å². The number of anilines is 1. The zero-order valence-corrected chi connectivity index (χ0v) is 19.8. The van der Waals surface area contributed by atoms with Crippen molar-refractivity contribution in [3.05, 3.63) is 52.5 Å². The van der Waals surface area contributed by atoms with Crippen LogP contribution in [-0.4, -0.2) is 63.4 Å². The quantitative estimate of drug-likeness (QED) is 0.503. The number of fused-ring (bicyclic) bond motifs is 1. The molecule has 170 valence electrons. The summed E-state index contributed by atoms with van der Waals surface area (Å²) < 4.78 is 5.11. The summed E-state index contributed by atoms with van der Waals surface area (Å²) >= 11 is 6.44. The predicted octanol–water partition coefficient (Wildman–Crippen LogP) is 3.34. The maximum Gasteiger partial charge on any atom is 0.357 e. The average Bonchev–Trinajstić information content (AvgIpc) is 3.23. The summed E-state index contributed by atoms with van der Waals surface area (Å²) in [6.45, 7) is 9.14. The molecule has 9 heteroatoms. The molecular formula is C23H28ClN5O3. The second-order valence-electron chi connectivity index (χ2n) is 8.37. The zero-order valence-electron chi connectivity index (χ0n) is 19.0. The normalized spacial score (nSPS) is 21.8. The van der Waals surface area contributed by atoms with Crippen LogP contribution in [-0.2, 0) is 11.3 Å². The van der Waals surface area contributed by atoms with E-state index in [1.54, 1.807) is 17.9 Å². The van der Waals surface area contributed by atoms with Gasteiger partial charge in [0.25, 0.3) is 5.91 Å². The minimum Gasteiger partial charge on any atom is -0.461 e. The maximum absolute atomic E-state index is 13.1. The van der Waals surface area contributed by atoms with Gasteiger partial charge in [-0.15, -0.1) is 11.6 Å². The Bertz CT molecular complexity index is 1060. The highest BCUT2D eigenvalue weighted by Gasteiger charge is 2.37. The molecule has 2 aliphatic heterocycles. The first kappa shape index (κ1) is 22.5. The molecule has 1 fully saturated rings. The van der Waals surface area contributed by atoms with E-state index in [4.69, 9.17) is 21.3 Å². The minimum absolute atomic E-state index is 0.0303. The first-order valence-electron chi connectivity index (χ1n) is 10.8. The van der Waals surface area contributed by atoms with Gasteiger partial charge >= 0.3 is 5.97 Å². The Kier molecular flexibility index (Phi) is 6.09. The lowest BCUT2D eigenvalue weighted by atomic mass is 10.1. The van der Waals surface area contributed by atoms with Gasteiger partial charge in [-0.1, -0.05) is 0 Å². The number of rotatable bonds is 5. The first-order valence-corrected chi connectivity index (χ1v) is 11.2. The largest absolute Gasteiger partial charge is 0.461 e. The van der Waals surface area contributed by atoms with Crippen LogP contribution < -0.4 is 5.01 Å². The molecule has 4 heterocycles. The SMILES string of the molecule is CCOC(=O)c1nccc2c1CN(C(C)c1cnc(N3C(C)C(Cl)CN3C)c(C)c1)C2=O. The van der Waals surface area contributed by atoms with Crippen molar-refractivity contribution in [3.8, 4) is 0 Å². The summed E-state index contributed by atoms with van der Waals surface area (Å²) in [6.07, 6.45) is 3.30. The van der Waals surface area contributed by atoms with E-state index in [0.29, 0.717) is 17.7 Å². The number of ether oxygens (including phenoxy) is 1. The van der Waals surface area contributed by atoms with Gasteiger partial charge in [0.05, 0.1) is 24.1 Å². The predicted molar refractivity (Wildman–Crippen MR) is 122 cm³/mol. The van der Waals surface area contributed by atoms with Crippen molar-refractivity contribution in [3.63, 3.8) is 0 Å². The molecule has 8 nitrogen and oxygen atoms in total. The van der Waals surface area contributed by atoms with E-state index < -0.39 is 5.97 Å².